The molecule has 0 aliphatic heterocycles. The summed E-state index contributed by atoms with van der Waals surface area (Å²) >= 11 is 0. The maximum atomic E-state index is 5.82. The van der Waals surface area contributed by atoms with Crippen LogP contribution in [0.2, 0.25) is 0 Å². The average Bonchev–Trinajstić information content (AvgIpc) is 2.49. The monoisotopic (exact) mass is 196 g/mol. The summed E-state index contributed by atoms with van der Waals surface area (Å²) in [4.78, 5) is 0. The molecule has 0 aliphatic carbocycles. The van der Waals surface area contributed by atoms with E-state index in [1.807, 2.05) is 10.9 Å². The van der Waals surface area contributed by atoms with Crippen molar-refractivity contribution < 1.29 is 0 Å². The molecule has 3 N–H and O–H groups in total. The van der Waals surface area contributed by atoms with Gasteiger partial charge in [0.2, 0.25) is 0 Å². The Balaban J connectivity index is 2.58. The Morgan fingerprint density at radius 1 is 1.57 bits per heavy atom. The van der Waals surface area contributed by atoms with E-state index in [0.717, 1.165) is 24.5 Å². The molecule has 0 radical (unpaired) electrons. The molecule has 0 atom stereocenters. The summed E-state index contributed by atoms with van der Waals surface area (Å²) in [5.41, 5.74) is 6.55. The molecule has 0 amide bonds. The normalized spacial score (nSPS) is 10.9. The molecule has 4 nitrogen and oxygen atoms in total. The predicted molar refractivity (Wildman–Crippen MR) is 60.4 cm³/mol. The van der Waals surface area contributed by atoms with E-state index in [1.165, 1.54) is 6.42 Å². The van der Waals surface area contributed by atoms with Crippen LogP contribution in [0.5, 0.6) is 0 Å². The highest BCUT2D eigenvalue weighted by molar-refractivity contribution is 5.59. The second-order valence-corrected chi connectivity index (χ2v) is 3.79. The second-order valence-electron chi connectivity index (χ2n) is 3.79. The first kappa shape index (κ1) is 10.9. The topological polar surface area (TPSA) is 55.9 Å². The Labute approximate surface area is 85.5 Å². The maximum Gasteiger partial charge on any atom is 0.171 e. The van der Waals surface area contributed by atoms with Crippen LogP contribution in [0.4, 0.5) is 11.5 Å². The smallest absolute Gasteiger partial charge is 0.171 e. The molecule has 0 unspecified atom stereocenters. The number of nitrogen functional groups attached to an aromatic ring is 1. The zero-order valence-electron chi connectivity index (χ0n) is 9.25. The van der Waals surface area contributed by atoms with Crippen molar-refractivity contribution in [1.29, 1.82) is 0 Å². The molecule has 0 saturated heterocycles. The molecular weight excluding hydrogens is 176 g/mol. The van der Waals surface area contributed by atoms with Crippen molar-refractivity contribution in [2.75, 3.05) is 17.6 Å². The number of nitrogens with zero attached hydrogens (tertiary/aromatic N) is 2. The van der Waals surface area contributed by atoms with Gasteiger partial charge in [0.15, 0.2) is 5.82 Å². The molecule has 1 aromatic rings. The van der Waals surface area contributed by atoms with Crippen LogP contribution < -0.4 is 11.1 Å². The Bertz CT molecular complexity index is 278. The predicted octanol–water partition coefficient (Wildman–Crippen LogP) is 2.26. The first-order valence-electron chi connectivity index (χ1n) is 5.23. The summed E-state index contributed by atoms with van der Waals surface area (Å²) in [5.74, 6) is 0.812. The van der Waals surface area contributed by atoms with Gasteiger partial charge in [-0.1, -0.05) is 13.3 Å². The van der Waals surface area contributed by atoms with Crippen LogP contribution >= 0.6 is 0 Å². The van der Waals surface area contributed by atoms with Crippen molar-refractivity contribution >= 4 is 11.5 Å². The maximum absolute atomic E-state index is 5.82. The van der Waals surface area contributed by atoms with Crippen LogP contribution in [-0.4, -0.2) is 16.3 Å². The van der Waals surface area contributed by atoms with E-state index in [4.69, 9.17) is 5.73 Å². The number of nitrogens with two attached hydrogens (primary N) is 1. The Morgan fingerprint density at radius 3 is 2.79 bits per heavy atom. The highest BCUT2D eigenvalue weighted by atomic mass is 15.3. The van der Waals surface area contributed by atoms with Gasteiger partial charge in [-0.05, 0) is 20.3 Å². The van der Waals surface area contributed by atoms with Gasteiger partial charge in [-0.15, -0.1) is 0 Å². The molecular formula is C10H20N4. The van der Waals surface area contributed by atoms with E-state index < -0.39 is 0 Å². The fourth-order valence-electron chi connectivity index (χ4n) is 1.19. The molecule has 1 rings (SSSR count). The quantitative estimate of drug-likeness (QED) is 0.710. The lowest BCUT2D eigenvalue weighted by Crippen LogP contribution is -2.05. The summed E-state index contributed by atoms with van der Waals surface area (Å²) in [7, 11) is 0. The van der Waals surface area contributed by atoms with Crippen molar-refractivity contribution in [1.82, 2.24) is 9.78 Å². The summed E-state index contributed by atoms with van der Waals surface area (Å²) in [5, 5.41) is 7.59. The summed E-state index contributed by atoms with van der Waals surface area (Å²) in [6.07, 6.45) is 4.20. The summed E-state index contributed by atoms with van der Waals surface area (Å²) < 4.78 is 1.88. The van der Waals surface area contributed by atoms with Crippen LogP contribution in [0, 0.1) is 0 Å². The number of aromatic nitrogens is 2. The third kappa shape index (κ3) is 2.65. The fraction of sp³-hybridized carbons (Fsp3) is 0.700. The molecule has 0 aliphatic rings. The Morgan fingerprint density at radius 2 is 2.29 bits per heavy atom. The number of nitrogens with one attached hydrogen (secondary N) is 1. The molecule has 0 bridgehead atoms. The van der Waals surface area contributed by atoms with E-state index in [-0.39, 0.29) is 0 Å². The van der Waals surface area contributed by atoms with Gasteiger partial charge in [0, 0.05) is 12.6 Å². The molecule has 0 spiro atoms. The van der Waals surface area contributed by atoms with Gasteiger partial charge in [0.05, 0.1) is 11.9 Å². The Kier molecular flexibility index (Phi) is 3.80. The van der Waals surface area contributed by atoms with Crippen molar-refractivity contribution in [2.24, 2.45) is 0 Å². The van der Waals surface area contributed by atoms with Crippen molar-refractivity contribution in [3.8, 4) is 0 Å². The third-order valence-corrected chi connectivity index (χ3v) is 2.11. The van der Waals surface area contributed by atoms with Crippen LogP contribution in [0.1, 0.15) is 39.7 Å². The van der Waals surface area contributed by atoms with Crippen molar-refractivity contribution in [3.05, 3.63) is 6.20 Å². The molecule has 1 aromatic heterocycles. The molecule has 1 heterocycles. The molecule has 4 heteroatoms. The van der Waals surface area contributed by atoms with Crippen molar-refractivity contribution in [2.45, 2.75) is 39.7 Å². The van der Waals surface area contributed by atoms with E-state index in [9.17, 15) is 0 Å². The number of hydrogen-bond donors (Lipinski definition) is 2. The van der Waals surface area contributed by atoms with Crippen LogP contribution in [-0.2, 0) is 0 Å². The highest BCUT2D eigenvalue weighted by Crippen LogP contribution is 2.17. The van der Waals surface area contributed by atoms with E-state index in [0.29, 0.717) is 6.04 Å². The molecule has 80 valence electrons. The van der Waals surface area contributed by atoms with Gasteiger partial charge in [-0.25, -0.2) is 0 Å². The van der Waals surface area contributed by atoms with Crippen LogP contribution in [0.25, 0.3) is 0 Å². The van der Waals surface area contributed by atoms with E-state index >= 15 is 0 Å². The molecule has 14 heavy (non-hydrogen) atoms. The summed E-state index contributed by atoms with van der Waals surface area (Å²) in [6.45, 7) is 7.28. The van der Waals surface area contributed by atoms with Gasteiger partial charge in [0.1, 0.15) is 0 Å². The highest BCUT2D eigenvalue weighted by Gasteiger charge is 2.06. The first-order chi connectivity index (χ1) is 6.65. The van der Waals surface area contributed by atoms with Crippen LogP contribution in [0.15, 0.2) is 6.20 Å². The number of hydrogen-bond acceptors (Lipinski definition) is 3. The SMILES string of the molecule is CCCCNc1nn(C(C)C)cc1N. The Hall–Kier alpha value is -1.19. The standard InChI is InChI=1S/C10H20N4/c1-4-5-6-12-10-9(11)7-14(13-10)8(2)3/h7-8H,4-6,11H2,1-3H3,(H,12,13). The van der Waals surface area contributed by atoms with Gasteiger partial charge in [-0.2, -0.15) is 5.10 Å². The lowest BCUT2D eigenvalue weighted by Gasteiger charge is -2.04. The molecule has 0 fully saturated rings. The number of unbranched alkanes of at least 4 members (excludes halogenated alkanes) is 1. The van der Waals surface area contributed by atoms with Gasteiger partial charge >= 0.3 is 0 Å². The van der Waals surface area contributed by atoms with Gasteiger partial charge in [0.25, 0.3) is 0 Å². The van der Waals surface area contributed by atoms with Crippen LogP contribution in [0.3, 0.4) is 0 Å². The minimum atomic E-state index is 0.360. The van der Waals surface area contributed by atoms with Gasteiger partial charge < -0.3 is 11.1 Å². The lowest BCUT2D eigenvalue weighted by molar-refractivity contribution is 0.534. The number of rotatable bonds is 5. The molecule has 0 aromatic carbocycles. The zero-order valence-corrected chi connectivity index (χ0v) is 9.25. The summed E-state index contributed by atoms with van der Waals surface area (Å²) in [6, 6.07) is 0.360. The fourth-order valence-corrected chi connectivity index (χ4v) is 1.19. The second kappa shape index (κ2) is 4.88. The average molecular weight is 196 g/mol. The van der Waals surface area contributed by atoms with Crippen molar-refractivity contribution in [3.63, 3.8) is 0 Å². The first-order valence-corrected chi connectivity index (χ1v) is 5.23. The molecule has 0 saturated carbocycles. The van der Waals surface area contributed by atoms with Gasteiger partial charge in [-0.3, -0.25) is 4.68 Å². The lowest BCUT2D eigenvalue weighted by atomic mass is 10.3. The third-order valence-electron chi connectivity index (χ3n) is 2.11. The number of anilines is 2. The zero-order chi connectivity index (χ0) is 10.6. The largest absolute Gasteiger partial charge is 0.394 e. The van der Waals surface area contributed by atoms with E-state index in [1.54, 1.807) is 0 Å². The minimum absolute atomic E-state index is 0.360. The van der Waals surface area contributed by atoms with E-state index in [2.05, 4.69) is 31.2 Å². The minimum Gasteiger partial charge on any atom is -0.394 e.